The Balaban J connectivity index is 3.23. The Morgan fingerprint density at radius 1 is 0.944 bits per heavy atom. The molecular weight excluding hydrogens is 222 g/mol. The highest BCUT2D eigenvalue weighted by atomic mass is 15.0. The van der Waals surface area contributed by atoms with Gasteiger partial charge in [-0.3, -0.25) is 0 Å². The van der Waals surface area contributed by atoms with Gasteiger partial charge in [0.2, 0.25) is 0 Å². The second kappa shape index (κ2) is 13.3. The van der Waals surface area contributed by atoms with Crippen molar-refractivity contribution in [3.05, 3.63) is 0 Å². The van der Waals surface area contributed by atoms with E-state index < -0.39 is 0 Å². The highest BCUT2D eigenvalue weighted by Gasteiger charge is 2.03. The Morgan fingerprint density at radius 3 is 2.33 bits per heavy atom. The van der Waals surface area contributed by atoms with E-state index >= 15 is 0 Å². The van der Waals surface area contributed by atoms with Gasteiger partial charge in [0.05, 0.1) is 0 Å². The number of nitrogens with one attached hydrogen (secondary N) is 2. The Morgan fingerprint density at radius 2 is 1.67 bits per heavy atom. The minimum atomic E-state index is 0.645. The minimum absolute atomic E-state index is 0.645. The SMILES string of the molecule is CCCC(C)CCCCC(C)NCCNCCN. The lowest BCUT2D eigenvalue weighted by atomic mass is 9.98. The fourth-order valence-electron chi connectivity index (χ4n) is 2.32. The molecule has 0 rings (SSSR count). The fourth-order valence-corrected chi connectivity index (χ4v) is 2.32. The lowest BCUT2D eigenvalue weighted by molar-refractivity contribution is 0.430. The van der Waals surface area contributed by atoms with Crippen molar-refractivity contribution in [2.45, 2.75) is 65.3 Å². The van der Waals surface area contributed by atoms with Crippen molar-refractivity contribution in [3.8, 4) is 0 Å². The molecule has 0 aliphatic rings. The molecule has 2 atom stereocenters. The molecule has 0 aliphatic heterocycles. The molecule has 0 amide bonds. The van der Waals surface area contributed by atoms with E-state index in [4.69, 9.17) is 5.73 Å². The summed E-state index contributed by atoms with van der Waals surface area (Å²) in [5, 5.41) is 6.85. The molecule has 0 aromatic rings. The summed E-state index contributed by atoms with van der Waals surface area (Å²) in [6.45, 7) is 10.7. The number of unbranched alkanes of at least 4 members (excludes halogenated alkanes) is 1. The molecule has 0 saturated heterocycles. The first-order chi connectivity index (χ1) is 8.70. The first-order valence-electron chi connectivity index (χ1n) is 7.84. The summed E-state index contributed by atoms with van der Waals surface area (Å²) in [6.07, 6.45) is 8.17. The number of hydrogen-bond acceptors (Lipinski definition) is 3. The Labute approximate surface area is 114 Å². The van der Waals surface area contributed by atoms with Gasteiger partial charge >= 0.3 is 0 Å². The summed E-state index contributed by atoms with van der Waals surface area (Å²) >= 11 is 0. The largest absolute Gasteiger partial charge is 0.329 e. The van der Waals surface area contributed by atoms with Crippen LogP contribution in [0, 0.1) is 5.92 Å². The van der Waals surface area contributed by atoms with Crippen molar-refractivity contribution in [2.24, 2.45) is 11.7 Å². The maximum atomic E-state index is 5.41. The van der Waals surface area contributed by atoms with Crippen LogP contribution in [0.3, 0.4) is 0 Å². The summed E-state index contributed by atoms with van der Waals surface area (Å²) in [6, 6.07) is 0.645. The van der Waals surface area contributed by atoms with E-state index in [9.17, 15) is 0 Å². The lowest BCUT2D eigenvalue weighted by Crippen LogP contribution is -2.35. The van der Waals surface area contributed by atoms with Gasteiger partial charge < -0.3 is 16.4 Å². The van der Waals surface area contributed by atoms with Crippen LogP contribution in [0.1, 0.15) is 59.3 Å². The molecule has 18 heavy (non-hydrogen) atoms. The van der Waals surface area contributed by atoms with Crippen molar-refractivity contribution in [2.75, 3.05) is 26.2 Å². The second-order valence-electron chi connectivity index (χ2n) is 5.57. The molecule has 0 bridgehead atoms. The molecular formula is C15H35N3. The van der Waals surface area contributed by atoms with E-state index in [0.717, 1.165) is 32.1 Å². The number of nitrogens with two attached hydrogens (primary N) is 1. The fraction of sp³-hybridized carbons (Fsp3) is 1.00. The quantitative estimate of drug-likeness (QED) is 0.444. The van der Waals surface area contributed by atoms with E-state index in [1.807, 2.05) is 0 Å². The van der Waals surface area contributed by atoms with Crippen LogP contribution in [-0.4, -0.2) is 32.2 Å². The van der Waals surface area contributed by atoms with Crippen molar-refractivity contribution >= 4 is 0 Å². The van der Waals surface area contributed by atoms with Crippen LogP contribution in [0.5, 0.6) is 0 Å². The predicted molar refractivity (Wildman–Crippen MR) is 81.9 cm³/mol. The van der Waals surface area contributed by atoms with Crippen molar-refractivity contribution in [3.63, 3.8) is 0 Å². The number of rotatable bonds is 13. The molecule has 110 valence electrons. The maximum Gasteiger partial charge on any atom is 0.00792 e. The van der Waals surface area contributed by atoms with Crippen LogP contribution in [0.15, 0.2) is 0 Å². The third-order valence-corrected chi connectivity index (χ3v) is 3.48. The van der Waals surface area contributed by atoms with E-state index in [2.05, 4.69) is 31.4 Å². The lowest BCUT2D eigenvalue weighted by Gasteiger charge is -2.15. The van der Waals surface area contributed by atoms with E-state index in [1.165, 1.54) is 38.5 Å². The van der Waals surface area contributed by atoms with E-state index in [1.54, 1.807) is 0 Å². The van der Waals surface area contributed by atoms with Gasteiger partial charge in [-0.2, -0.15) is 0 Å². The molecule has 0 spiro atoms. The molecule has 3 heteroatoms. The molecule has 4 N–H and O–H groups in total. The van der Waals surface area contributed by atoms with Gasteiger partial charge in [-0.1, -0.05) is 46.0 Å². The van der Waals surface area contributed by atoms with Gasteiger partial charge in [-0.05, 0) is 19.3 Å². The van der Waals surface area contributed by atoms with Gasteiger partial charge in [0.15, 0.2) is 0 Å². The maximum absolute atomic E-state index is 5.41. The monoisotopic (exact) mass is 257 g/mol. The standard InChI is InChI=1S/C15H35N3/c1-4-7-14(2)8-5-6-9-15(3)18-13-12-17-11-10-16/h14-15,17-18H,4-13,16H2,1-3H3. The summed E-state index contributed by atoms with van der Waals surface area (Å²) in [5.41, 5.74) is 5.41. The molecule has 0 radical (unpaired) electrons. The Hall–Kier alpha value is -0.120. The normalized spacial score (nSPS) is 14.7. The van der Waals surface area contributed by atoms with Crippen LogP contribution in [0.25, 0.3) is 0 Å². The smallest absolute Gasteiger partial charge is 0.00792 e. The molecule has 0 aliphatic carbocycles. The first kappa shape index (κ1) is 17.9. The molecule has 0 aromatic heterocycles. The third-order valence-electron chi connectivity index (χ3n) is 3.48. The highest BCUT2D eigenvalue weighted by molar-refractivity contribution is 4.63. The Kier molecular flexibility index (Phi) is 13.2. The van der Waals surface area contributed by atoms with Crippen LogP contribution in [0.2, 0.25) is 0 Å². The summed E-state index contributed by atoms with van der Waals surface area (Å²) in [4.78, 5) is 0. The van der Waals surface area contributed by atoms with E-state index in [0.29, 0.717) is 6.04 Å². The summed E-state index contributed by atoms with van der Waals surface area (Å²) in [5.74, 6) is 0.915. The zero-order valence-corrected chi connectivity index (χ0v) is 12.8. The molecule has 2 unspecified atom stereocenters. The second-order valence-corrected chi connectivity index (χ2v) is 5.57. The summed E-state index contributed by atoms with van der Waals surface area (Å²) < 4.78 is 0. The van der Waals surface area contributed by atoms with Gasteiger partial charge in [0, 0.05) is 32.2 Å². The molecule has 3 nitrogen and oxygen atoms in total. The average molecular weight is 257 g/mol. The van der Waals surface area contributed by atoms with Crippen molar-refractivity contribution in [1.82, 2.24) is 10.6 Å². The van der Waals surface area contributed by atoms with Gasteiger partial charge in [-0.15, -0.1) is 0 Å². The summed E-state index contributed by atoms with van der Waals surface area (Å²) in [7, 11) is 0. The van der Waals surface area contributed by atoms with Gasteiger partial charge in [0.1, 0.15) is 0 Å². The van der Waals surface area contributed by atoms with Gasteiger partial charge in [-0.25, -0.2) is 0 Å². The minimum Gasteiger partial charge on any atom is -0.329 e. The van der Waals surface area contributed by atoms with Crippen molar-refractivity contribution < 1.29 is 0 Å². The topological polar surface area (TPSA) is 50.1 Å². The molecule has 0 aromatic carbocycles. The first-order valence-corrected chi connectivity index (χ1v) is 7.84. The van der Waals surface area contributed by atoms with Crippen LogP contribution < -0.4 is 16.4 Å². The zero-order valence-electron chi connectivity index (χ0n) is 12.8. The average Bonchev–Trinajstić information content (AvgIpc) is 2.35. The van der Waals surface area contributed by atoms with Gasteiger partial charge in [0.25, 0.3) is 0 Å². The highest BCUT2D eigenvalue weighted by Crippen LogP contribution is 2.14. The van der Waals surface area contributed by atoms with Crippen LogP contribution in [0.4, 0.5) is 0 Å². The molecule has 0 fully saturated rings. The Bertz CT molecular complexity index is 162. The van der Waals surface area contributed by atoms with Crippen LogP contribution in [-0.2, 0) is 0 Å². The molecule has 0 saturated carbocycles. The van der Waals surface area contributed by atoms with Crippen LogP contribution >= 0.6 is 0 Å². The predicted octanol–water partition coefficient (Wildman–Crippen LogP) is 2.51. The zero-order chi connectivity index (χ0) is 13.6. The van der Waals surface area contributed by atoms with Crippen molar-refractivity contribution in [1.29, 1.82) is 0 Å². The third kappa shape index (κ3) is 12.3. The number of hydrogen-bond donors (Lipinski definition) is 3. The van der Waals surface area contributed by atoms with E-state index in [-0.39, 0.29) is 0 Å². The molecule has 0 heterocycles.